The van der Waals surface area contributed by atoms with Crippen molar-refractivity contribution in [3.05, 3.63) is 59.5 Å². The Hall–Kier alpha value is -2.09. The molecule has 1 aromatic carbocycles. The molecule has 1 unspecified atom stereocenters. The maximum absolute atomic E-state index is 12.8. The van der Waals surface area contributed by atoms with E-state index in [2.05, 4.69) is 10.3 Å². The molecule has 0 spiro atoms. The van der Waals surface area contributed by atoms with Crippen molar-refractivity contribution in [2.75, 3.05) is 0 Å². The molecule has 1 N–H and O–H groups in total. The van der Waals surface area contributed by atoms with Crippen LogP contribution in [0.2, 0.25) is 0 Å². The summed E-state index contributed by atoms with van der Waals surface area (Å²) >= 11 is 1.06. The Balaban J connectivity index is 1.88. The number of carbonyl (C=O) groups excluding carboxylic acids is 1. The Bertz CT molecular complexity index is 687. The fourth-order valence-corrected chi connectivity index (χ4v) is 2.60. The van der Waals surface area contributed by atoms with E-state index in [0.29, 0.717) is 5.03 Å². The predicted octanol–water partition coefficient (Wildman–Crippen LogP) is 4.04. The first kappa shape index (κ1) is 18.3. The van der Waals surface area contributed by atoms with Crippen molar-refractivity contribution < 1.29 is 22.4 Å². The molecule has 24 heavy (non-hydrogen) atoms. The van der Waals surface area contributed by atoms with Gasteiger partial charge in [0.15, 0.2) is 0 Å². The van der Waals surface area contributed by atoms with Crippen LogP contribution in [-0.4, -0.2) is 16.1 Å². The molecule has 8 heteroatoms. The first-order valence-corrected chi connectivity index (χ1v) is 7.86. The van der Waals surface area contributed by atoms with Gasteiger partial charge in [0.05, 0.1) is 15.8 Å². The lowest BCUT2D eigenvalue weighted by atomic mass is 10.2. The van der Waals surface area contributed by atoms with E-state index in [-0.39, 0.29) is 18.3 Å². The van der Waals surface area contributed by atoms with Gasteiger partial charge < -0.3 is 5.32 Å². The number of carbonyl (C=O) groups is 1. The van der Waals surface area contributed by atoms with Crippen LogP contribution in [0.1, 0.15) is 18.1 Å². The molecule has 3 nitrogen and oxygen atoms in total. The summed E-state index contributed by atoms with van der Waals surface area (Å²) in [6.45, 7) is 1.87. The van der Waals surface area contributed by atoms with Gasteiger partial charge in [0, 0.05) is 12.7 Å². The van der Waals surface area contributed by atoms with Gasteiger partial charge in [0.1, 0.15) is 5.82 Å². The predicted molar refractivity (Wildman–Crippen MR) is 82.8 cm³/mol. The number of thioether (sulfide) groups is 1. The number of amides is 1. The van der Waals surface area contributed by atoms with Crippen LogP contribution in [0.25, 0.3) is 0 Å². The van der Waals surface area contributed by atoms with Crippen LogP contribution < -0.4 is 5.32 Å². The highest BCUT2D eigenvalue weighted by atomic mass is 32.2. The number of pyridine rings is 1. The van der Waals surface area contributed by atoms with Gasteiger partial charge in [0.25, 0.3) is 0 Å². The molecule has 0 fully saturated rings. The third-order valence-electron chi connectivity index (χ3n) is 3.11. The van der Waals surface area contributed by atoms with Crippen molar-refractivity contribution in [3.63, 3.8) is 0 Å². The van der Waals surface area contributed by atoms with Crippen molar-refractivity contribution >= 4 is 17.7 Å². The summed E-state index contributed by atoms with van der Waals surface area (Å²) in [5.41, 5.74) is -0.0881. The van der Waals surface area contributed by atoms with Crippen LogP contribution in [0, 0.1) is 5.82 Å². The van der Waals surface area contributed by atoms with Crippen molar-refractivity contribution in [3.8, 4) is 0 Å². The Kier molecular flexibility index (Phi) is 5.82. The van der Waals surface area contributed by atoms with E-state index < -0.39 is 17.0 Å². The second kappa shape index (κ2) is 7.65. The minimum absolute atomic E-state index is 0.241. The van der Waals surface area contributed by atoms with Crippen LogP contribution in [0.3, 0.4) is 0 Å². The molecule has 1 atom stereocenters. The first-order chi connectivity index (χ1) is 11.3. The number of benzene rings is 1. The monoisotopic (exact) mass is 358 g/mol. The summed E-state index contributed by atoms with van der Waals surface area (Å²) in [5.74, 6) is -0.645. The topological polar surface area (TPSA) is 42.0 Å². The van der Waals surface area contributed by atoms with Gasteiger partial charge >= 0.3 is 6.18 Å². The number of halogens is 4. The molecular formula is C16H14F4N2OS. The Morgan fingerprint density at radius 2 is 1.88 bits per heavy atom. The molecule has 0 aliphatic rings. The minimum atomic E-state index is -4.44. The smallest absolute Gasteiger partial charge is 0.351 e. The Morgan fingerprint density at radius 1 is 1.21 bits per heavy atom. The minimum Gasteiger partial charge on any atom is -0.351 e. The molecule has 0 saturated carbocycles. The van der Waals surface area contributed by atoms with Crippen molar-refractivity contribution in [2.24, 2.45) is 0 Å². The fourth-order valence-electron chi connectivity index (χ4n) is 1.79. The average Bonchev–Trinajstić information content (AvgIpc) is 2.53. The molecule has 0 aliphatic heterocycles. The highest BCUT2D eigenvalue weighted by Crippen LogP contribution is 2.30. The maximum atomic E-state index is 12.8. The van der Waals surface area contributed by atoms with E-state index in [0.717, 1.165) is 29.6 Å². The summed E-state index contributed by atoms with van der Waals surface area (Å²) in [6, 6.07) is 7.88. The quantitative estimate of drug-likeness (QED) is 0.648. The molecule has 2 aromatic rings. The molecule has 0 radical (unpaired) electrons. The normalized spacial score (nSPS) is 12.7. The first-order valence-electron chi connectivity index (χ1n) is 6.98. The van der Waals surface area contributed by atoms with E-state index in [1.54, 1.807) is 19.1 Å². The van der Waals surface area contributed by atoms with Crippen molar-refractivity contribution in [1.82, 2.24) is 10.3 Å². The van der Waals surface area contributed by atoms with Gasteiger partial charge in [-0.15, -0.1) is 0 Å². The number of nitrogens with zero attached hydrogens (tertiary/aromatic N) is 1. The van der Waals surface area contributed by atoms with Crippen molar-refractivity contribution in [1.29, 1.82) is 0 Å². The third-order valence-corrected chi connectivity index (χ3v) is 4.16. The number of hydrogen-bond acceptors (Lipinski definition) is 3. The molecule has 1 amide bonds. The number of hydrogen-bond donors (Lipinski definition) is 1. The van der Waals surface area contributed by atoms with E-state index in [1.807, 2.05) is 0 Å². The average molecular weight is 358 g/mol. The van der Waals surface area contributed by atoms with Crippen LogP contribution in [0.5, 0.6) is 0 Å². The van der Waals surface area contributed by atoms with Crippen LogP contribution in [0.15, 0.2) is 47.6 Å². The lowest BCUT2D eigenvalue weighted by Gasteiger charge is -2.12. The summed E-state index contributed by atoms with van der Waals surface area (Å²) < 4.78 is 50.2. The van der Waals surface area contributed by atoms with Gasteiger partial charge in [-0.2, -0.15) is 13.2 Å². The zero-order valence-electron chi connectivity index (χ0n) is 12.6. The molecule has 0 saturated heterocycles. The van der Waals surface area contributed by atoms with Crippen LogP contribution in [-0.2, 0) is 17.5 Å². The lowest BCUT2D eigenvalue weighted by Crippen LogP contribution is -2.30. The molecule has 128 valence electrons. The summed E-state index contributed by atoms with van der Waals surface area (Å²) in [7, 11) is 0. The Morgan fingerprint density at radius 3 is 2.42 bits per heavy atom. The van der Waals surface area contributed by atoms with E-state index in [4.69, 9.17) is 0 Å². The van der Waals surface area contributed by atoms with E-state index in [9.17, 15) is 22.4 Å². The highest BCUT2D eigenvalue weighted by Gasteiger charge is 2.30. The van der Waals surface area contributed by atoms with Gasteiger partial charge in [-0.3, -0.25) is 4.79 Å². The lowest BCUT2D eigenvalue weighted by molar-refractivity contribution is -0.137. The molecule has 0 bridgehead atoms. The van der Waals surface area contributed by atoms with Crippen LogP contribution in [0.4, 0.5) is 17.6 Å². The molecular weight excluding hydrogens is 344 g/mol. The molecule has 2 rings (SSSR count). The summed E-state index contributed by atoms with van der Waals surface area (Å²) in [6.07, 6.45) is -3.69. The number of aromatic nitrogens is 1. The molecule has 1 heterocycles. The van der Waals surface area contributed by atoms with Crippen LogP contribution >= 0.6 is 11.8 Å². The SMILES string of the molecule is CC(Sc1ccc(C(F)(F)F)cn1)C(=O)NCc1ccc(F)cc1. The van der Waals surface area contributed by atoms with Gasteiger partial charge in [-0.25, -0.2) is 9.37 Å². The zero-order valence-corrected chi connectivity index (χ0v) is 13.4. The summed E-state index contributed by atoms with van der Waals surface area (Å²) in [5, 5.41) is 2.48. The molecule has 1 aromatic heterocycles. The highest BCUT2D eigenvalue weighted by molar-refractivity contribution is 8.00. The molecule has 0 aliphatic carbocycles. The van der Waals surface area contributed by atoms with E-state index >= 15 is 0 Å². The largest absolute Gasteiger partial charge is 0.417 e. The van der Waals surface area contributed by atoms with Gasteiger partial charge in [-0.05, 0) is 36.8 Å². The number of alkyl halides is 3. The second-order valence-corrected chi connectivity index (χ2v) is 6.35. The third kappa shape index (κ3) is 5.23. The number of nitrogens with one attached hydrogen (secondary N) is 1. The maximum Gasteiger partial charge on any atom is 0.417 e. The van der Waals surface area contributed by atoms with E-state index in [1.165, 1.54) is 18.2 Å². The second-order valence-electron chi connectivity index (χ2n) is 4.99. The van der Waals surface area contributed by atoms with Gasteiger partial charge in [0.2, 0.25) is 5.91 Å². The standard InChI is InChI=1S/C16H14F4N2OS/c1-10(15(23)22-8-11-2-5-13(17)6-3-11)24-14-7-4-12(9-21-14)16(18,19)20/h2-7,9-10H,8H2,1H3,(H,22,23). The van der Waals surface area contributed by atoms with Crippen molar-refractivity contribution in [2.45, 2.75) is 29.9 Å². The Labute approximate surface area is 140 Å². The number of rotatable bonds is 5. The fraction of sp³-hybridized carbons (Fsp3) is 0.250. The zero-order chi connectivity index (χ0) is 17.7. The summed E-state index contributed by atoms with van der Waals surface area (Å²) in [4.78, 5) is 15.7. The van der Waals surface area contributed by atoms with Gasteiger partial charge in [-0.1, -0.05) is 23.9 Å².